The van der Waals surface area contributed by atoms with Gasteiger partial charge in [0.25, 0.3) is 5.91 Å². The van der Waals surface area contributed by atoms with E-state index in [0.29, 0.717) is 24.0 Å². The molecule has 0 saturated carbocycles. The van der Waals surface area contributed by atoms with Gasteiger partial charge in [0.1, 0.15) is 6.54 Å². The predicted molar refractivity (Wildman–Crippen MR) is 110 cm³/mol. The fourth-order valence-electron chi connectivity index (χ4n) is 2.21. The Labute approximate surface area is 162 Å². The number of nitrogens with zero attached hydrogens (tertiary/aromatic N) is 3. The van der Waals surface area contributed by atoms with E-state index in [1.807, 2.05) is 24.3 Å². The summed E-state index contributed by atoms with van der Waals surface area (Å²) in [6.07, 6.45) is 0.749. The first-order chi connectivity index (χ1) is 12.7. The lowest BCUT2D eigenvalue weighted by Crippen LogP contribution is -2.41. The van der Waals surface area contributed by atoms with Crippen LogP contribution in [-0.4, -0.2) is 75.4 Å². The maximum atomic E-state index is 12.1. The maximum Gasteiger partial charge on any atom is 0.253 e. The number of amides is 2. The van der Waals surface area contributed by atoms with Crippen molar-refractivity contribution in [1.29, 1.82) is 0 Å². The molecule has 0 heterocycles. The molecular formula is C20H33N5O2. The summed E-state index contributed by atoms with van der Waals surface area (Å²) in [6, 6.07) is 7.64. The minimum Gasteiger partial charge on any atom is -0.356 e. The van der Waals surface area contributed by atoms with E-state index < -0.39 is 0 Å². The normalized spacial score (nSPS) is 11.3. The van der Waals surface area contributed by atoms with E-state index in [1.54, 1.807) is 33.1 Å². The molecule has 0 spiro atoms. The van der Waals surface area contributed by atoms with Gasteiger partial charge in [-0.25, -0.2) is 4.99 Å². The summed E-state index contributed by atoms with van der Waals surface area (Å²) in [5, 5.41) is 6.51. The number of hydrogen-bond acceptors (Lipinski definition) is 3. The molecule has 7 heteroatoms. The standard InChI is InChI=1S/C20H33N5O2/c1-15(2)13-22-20(23-14-18(26)24(3)4)21-11-10-16-8-7-9-17(12-16)19(27)25(5)6/h7-9,12,15H,10-11,13-14H2,1-6H3,(H2,21,22,23). The summed E-state index contributed by atoms with van der Waals surface area (Å²) in [4.78, 5) is 31.3. The first-order valence-corrected chi connectivity index (χ1v) is 9.23. The van der Waals surface area contributed by atoms with Crippen molar-refractivity contribution in [2.75, 3.05) is 47.8 Å². The molecule has 2 amide bonds. The highest BCUT2D eigenvalue weighted by molar-refractivity contribution is 5.94. The number of nitrogens with one attached hydrogen (secondary N) is 2. The first-order valence-electron chi connectivity index (χ1n) is 9.23. The lowest BCUT2D eigenvalue weighted by atomic mass is 10.1. The molecule has 0 aromatic heterocycles. The van der Waals surface area contributed by atoms with Crippen LogP contribution in [0.4, 0.5) is 0 Å². The summed E-state index contributed by atoms with van der Waals surface area (Å²) in [7, 11) is 6.92. The molecule has 0 fully saturated rings. The van der Waals surface area contributed by atoms with Gasteiger partial charge in [-0.05, 0) is 30.0 Å². The van der Waals surface area contributed by atoms with Gasteiger partial charge in [-0.2, -0.15) is 0 Å². The van der Waals surface area contributed by atoms with E-state index >= 15 is 0 Å². The van der Waals surface area contributed by atoms with Gasteiger partial charge in [0, 0.05) is 46.8 Å². The number of likely N-dealkylation sites (N-methyl/N-ethyl adjacent to an activating group) is 1. The van der Waals surface area contributed by atoms with E-state index in [4.69, 9.17) is 0 Å². The third kappa shape index (κ3) is 8.57. The van der Waals surface area contributed by atoms with Crippen LogP contribution in [-0.2, 0) is 11.2 Å². The van der Waals surface area contributed by atoms with E-state index in [-0.39, 0.29) is 18.4 Å². The largest absolute Gasteiger partial charge is 0.356 e. The molecule has 0 aliphatic carbocycles. The van der Waals surface area contributed by atoms with Crippen LogP contribution in [0, 0.1) is 5.92 Å². The van der Waals surface area contributed by atoms with Gasteiger partial charge in [0.15, 0.2) is 5.96 Å². The molecule has 0 aliphatic heterocycles. The number of benzene rings is 1. The second-order valence-corrected chi connectivity index (χ2v) is 7.30. The average Bonchev–Trinajstić information content (AvgIpc) is 2.62. The monoisotopic (exact) mass is 375 g/mol. The SMILES string of the molecule is CC(C)CNC(=NCC(=O)N(C)C)NCCc1cccc(C(=O)N(C)C)c1. The van der Waals surface area contributed by atoms with E-state index in [2.05, 4.69) is 29.5 Å². The Morgan fingerprint density at radius 2 is 1.78 bits per heavy atom. The fourth-order valence-corrected chi connectivity index (χ4v) is 2.21. The van der Waals surface area contributed by atoms with Crippen molar-refractivity contribution in [3.63, 3.8) is 0 Å². The Morgan fingerprint density at radius 3 is 2.37 bits per heavy atom. The zero-order valence-electron chi connectivity index (χ0n) is 17.4. The van der Waals surface area contributed by atoms with Crippen LogP contribution in [0.2, 0.25) is 0 Å². The van der Waals surface area contributed by atoms with Crippen molar-refractivity contribution in [3.8, 4) is 0 Å². The highest BCUT2D eigenvalue weighted by Gasteiger charge is 2.09. The van der Waals surface area contributed by atoms with E-state index in [1.165, 1.54) is 4.90 Å². The van der Waals surface area contributed by atoms with Gasteiger partial charge in [-0.15, -0.1) is 0 Å². The van der Waals surface area contributed by atoms with Crippen LogP contribution in [0.3, 0.4) is 0 Å². The molecule has 0 aliphatic rings. The smallest absolute Gasteiger partial charge is 0.253 e. The molecule has 27 heavy (non-hydrogen) atoms. The quantitative estimate of drug-likeness (QED) is 0.529. The minimum absolute atomic E-state index is 0.00661. The Bertz CT molecular complexity index is 654. The molecule has 2 N–H and O–H groups in total. The topological polar surface area (TPSA) is 77.0 Å². The Kier molecular flexibility index (Phi) is 9.33. The van der Waals surface area contributed by atoms with Gasteiger partial charge in [-0.3, -0.25) is 9.59 Å². The molecule has 0 radical (unpaired) electrons. The van der Waals surface area contributed by atoms with Gasteiger partial charge >= 0.3 is 0 Å². The van der Waals surface area contributed by atoms with E-state index in [9.17, 15) is 9.59 Å². The second kappa shape index (κ2) is 11.2. The fraction of sp³-hybridized carbons (Fsp3) is 0.550. The molecular weight excluding hydrogens is 342 g/mol. The number of carbonyl (C=O) groups is 2. The van der Waals surface area contributed by atoms with Gasteiger partial charge < -0.3 is 20.4 Å². The van der Waals surface area contributed by atoms with Crippen LogP contribution >= 0.6 is 0 Å². The summed E-state index contributed by atoms with van der Waals surface area (Å²) in [5.74, 6) is 1.04. The molecule has 0 bridgehead atoms. The van der Waals surface area contributed by atoms with Crippen molar-refractivity contribution in [1.82, 2.24) is 20.4 Å². The Balaban J connectivity index is 2.67. The molecule has 0 saturated heterocycles. The highest BCUT2D eigenvalue weighted by Crippen LogP contribution is 2.07. The van der Waals surface area contributed by atoms with Crippen molar-refractivity contribution in [3.05, 3.63) is 35.4 Å². The van der Waals surface area contributed by atoms with Crippen LogP contribution in [0.15, 0.2) is 29.3 Å². The molecule has 1 aromatic rings. The zero-order chi connectivity index (χ0) is 20.4. The third-order valence-electron chi connectivity index (χ3n) is 3.84. The van der Waals surface area contributed by atoms with Crippen LogP contribution < -0.4 is 10.6 Å². The molecule has 0 unspecified atom stereocenters. The van der Waals surface area contributed by atoms with Crippen LogP contribution in [0.5, 0.6) is 0 Å². The number of aliphatic imine (C=N–C) groups is 1. The maximum absolute atomic E-state index is 12.1. The third-order valence-corrected chi connectivity index (χ3v) is 3.84. The minimum atomic E-state index is -0.0458. The zero-order valence-corrected chi connectivity index (χ0v) is 17.4. The van der Waals surface area contributed by atoms with Crippen molar-refractivity contribution in [2.24, 2.45) is 10.9 Å². The summed E-state index contributed by atoms with van der Waals surface area (Å²) < 4.78 is 0. The molecule has 0 atom stereocenters. The summed E-state index contributed by atoms with van der Waals surface area (Å²) in [6.45, 7) is 5.76. The van der Waals surface area contributed by atoms with Crippen LogP contribution in [0.25, 0.3) is 0 Å². The number of guanidine groups is 1. The molecule has 150 valence electrons. The highest BCUT2D eigenvalue weighted by atomic mass is 16.2. The molecule has 1 aromatic carbocycles. The Hall–Kier alpha value is -2.57. The van der Waals surface area contributed by atoms with Crippen LogP contribution in [0.1, 0.15) is 29.8 Å². The second-order valence-electron chi connectivity index (χ2n) is 7.30. The number of rotatable bonds is 8. The number of hydrogen-bond donors (Lipinski definition) is 2. The van der Waals surface area contributed by atoms with Crippen molar-refractivity contribution < 1.29 is 9.59 Å². The van der Waals surface area contributed by atoms with Gasteiger partial charge in [-0.1, -0.05) is 26.0 Å². The molecule has 1 rings (SSSR count). The number of carbonyl (C=O) groups excluding carboxylic acids is 2. The lowest BCUT2D eigenvalue weighted by molar-refractivity contribution is -0.127. The summed E-state index contributed by atoms with van der Waals surface area (Å²) in [5.41, 5.74) is 1.75. The predicted octanol–water partition coefficient (Wildman–Crippen LogP) is 1.21. The first kappa shape index (κ1) is 22.5. The summed E-state index contributed by atoms with van der Waals surface area (Å²) >= 11 is 0. The molecule has 7 nitrogen and oxygen atoms in total. The average molecular weight is 376 g/mol. The van der Waals surface area contributed by atoms with E-state index in [0.717, 1.165) is 18.5 Å². The van der Waals surface area contributed by atoms with Crippen molar-refractivity contribution >= 4 is 17.8 Å². The van der Waals surface area contributed by atoms with Crippen molar-refractivity contribution in [2.45, 2.75) is 20.3 Å². The lowest BCUT2D eigenvalue weighted by Gasteiger charge is -2.15. The van der Waals surface area contributed by atoms with Gasteiger partial charge in [0.2, 0.25) is 5.91 Å². The van der Waals surface area contributed by atoms with Gasteiger partial charge in [0.05, 0.1) is 0 Å². The Morgan fingerprint density at radius 1 is 1.07 bits per heavy atom.